The van der Waals surface area contributed by atoms with E-state index < -0.39 is 0 Å². The number of likely N-dealkylation sites (tertiary alicyclic amines) is 1. The summed E-state index contributed by atoms with van der Waals surface area (Å²) in [5, 5.41) is 3.43. The topological polar surface area (TPSA) is 18.5 Å². The third kappa shape index (κ3) is 2.88. The van der Waals surface area contributed by atoms with Crippen molar-refractivity contribution < 1.29 is 0 Å². The highest BCUT2D eigenvalue weighted by atomic mass is 15.3. The SMILES string of the molecule is CCC1=CN(C[C@@H]2CCCN(C)C2)CN1. The van der Waals surface area contributed by atoms with Gasteiger partial charge in [-0.15, -0.1) is 0 Å². The summed E-state index contributed by atoms with van der Waals surface area (Å²) in [6.45, 7) is 7.00. The Balaban J connectivity index is 1.79. The molecule has 1 fully saturated rings. The maximum atomic E-state index is 3.43. The number of nitrogens with one attached hydrogen (secondary N) is 1. The smallest absolute Gasteiger partial charge is 0.0869 e. The predicted molar refractivity (Wildman–Crippen MR) is 63.3 cm³/mol. The molecule has 3 nitrogen and oxygen atoms in total. The first-order chi connectivity index (χ1) is 7.28. The molecule has 0 radical (unpaired) electrons. The maximum Gasteiger partial charge on any atom is 0.0869 e. The van der Waals surface area contributed by atoms with Gasteiger partial charge in [0.2, 0.25) is 0 Å². The Bertz CT molecular complexity index is 237. The molecule has 1 atom stereocenters. The van der Waals surface area contributed by atoms with Gasteiger partial charge in [0.1, 0.15) is 0 Å². The summed E-state index contributed by atoms with van der Waals surface area (Å²) in [5.41, 5.74) is 1.39. The van der Waals surface area contributed by atoms with E-state index in [1.165, 1.54) is 38.2 Å². The molecule has 0 aromatic heterocycles. The molecule has 2 aliphatic rings. The van der Waals surface area contributed by atoms with Crippen LogP contribution in [-0.4, -0.2) is 43.2 Å². The molecule has 2 aliphatic heterocycles. The highest BCUT2D eigenvalue weighted by molar-refractivity contribution is 5.03. The summed E-state index contributed by atoms with van der Waals surface area (Å²) in [7, 11) is 2.24. The van der Waals surface area contributed by atoms with E-state index in [9.17, 15) is 0 Å². The van der Waals surface area contributed by atoms with Gasteiger partial charge in [-0.3, -0.25) is 0 Å². The first-order valence-electron chi connectivity index (χ1n) is 6.15. The van der Waals surface area contributed by atoms with Crippen molar-refractivity contribution in [3.63, 3.8) is 0 Å². The molecule has 0 aromatic rings. The molecule has 0 amide bonds. The van der Waals surface area contributed by atoms with Gasteiger partial charge in [0.25, 0.3) is 0 Å². The van der Waals surface area contributed by atoms with Crippen LogP contribution in [0.25, 0.3) is 0 Å². The molecule has 3 heteroatoms. The van der Waals surface area contributed by atoms with E-state index in [0.717, 1.165) is 19.0 Å². The molecule has 0 spiro atoms. The fourth-order valence-electron chi connectivity index (χ4n) is 2.60. The van der Waals surface area contributed by atoms with E-state index in [1.807, 2.05) is 0 Å². The number of hydrogen-bond acceptors (Lipinski definition) is 3. The first-order valence-corrected chi connectivity index (χ1v) is 6.15. The highest BCUT2D eigenvalue weighted by Crippen LogP contribution is 2.18. The van der Waals surface area contributed by atoms with E-state index in [-0.39, 0.29) is 0 Å². The number of piperidine rings is 1. The van der Waals surface area contributed by atoms with Gasteiger partial charge in [-0.25, -0.2) is 0 Å². The number of rotatable bonds is 3. The molecule has 1 saturated heterocycles. The average molecular weight is 209 g/mol. The molecule has 15 heavy (non-hydrogen) atoms. The zero-order valence-electron chi connectivity index (χ0n) is 10.00. The van der Waals surface area contributed by atoms with Crippen LogP contribution in [0.1, 0.15) is 26.2 Å². The normalized spacial score (nSPS) is 27.7. The molecule has 0 saturated carbocycles. The lowest BCUT2D eigenvalue weighted by atomic mass is 9.98. The lowest BCUT2D eigenvalue weighted by molar-refractivity contribution is 0.177. The van der Waals surface area contributed by atoms with Gasteiger partial charge in [0.15, 0.2) is 0 Å². The Morgan fingerprint density at radius 1 is 1.53 bits per heavy atom. The number of hydrogen-bond donors (Lipinski definition) is 1. The van der Waals surface area contributed by atoms with E-state index >= 15 is 0 Å². The molecular weight excluding hydrogens is 186 g/mol. The molecule has 86 valence electrons. The second-order valence-electron chi connectivity index (χ2n) is 4.88. The Morgan fingerprint density at radius 3 is 3.07 bits per heavy atom. The third-order valence-corrected chi connectivity index (χ3v) is 3.44. The van der Waals surface area contributed by atoms with Crippen LogP contribution in [0.15, 0.2) is 11.9 Å². The van der Waals surface area contributed by atoms with Crippen molar-refractivity contribution in [2.45, 2.75) is 26.2 Å². The van der Waals surface area contributed by atoms with Gasteiger partial charge in [-0.2, -0.15) is 0 Å². The predicted octanol–water partition coefficient (Wildman–Crippen LogP) is 1.44. The Morgan fingerprint density at radius 2 is 2.40 bits per heavy atom. The van der Waals surface area contributed by atoms with Crippen molar-refractivity contribution in [2.75, 3.05) is 33.4 Å². The van der Waals surface area contributed by atoms with Gasteiger partial charge in [0, 0.05) is 25.0 Å². The minimum atomic E-state index is 0.859. The van der Waals surface area contributed by atoms with Crippen LogP contribution in [0.4, 0.5) is 0 Å². The van der Waals surface area contributed by atoms with Gasteiger partial charge in [-0.1, -0.05) is 6.92 Å². The second-order valence-corrected chi connectivity index (χ2v) is 4.88. The van der Waals surface area contributed by atoms with Crippen LogP contribution in [0.3, 0.4) is 0 Å². The lowest BCUT2D eigenvalue weighted by Crippen LogP contribution is -2.38. The zero-order valence-corrected chi connectivity index (χ0v) is 10.00. The summed E-state index contributed by atoms with van der Waals surface area (Å²) in [6.07, 6.45) is 6.19. The summed E-state index contributed by atoms with van der Waals surface area (Å²) in [4.78, 5) is 4.89. The van der Waals surface area contributed by atoms with Gasteiger partial charge >= 0.3 is 0 Å². The molecule has 2 rings (SSSR count). The van der Waals surface area contributed by atoms with Crippen LogP contribution in [-0.2, 0) is 0 Å². The van der Waals surface area contributed by atoms with Crippen molar-refractivity contribution in [1.82, 2.24) is 15.1 Å². The standard InChI is InChI=1S/C12H23N3/c1-3-12-9-15(10-13-12)8-11-5-4-6-14(2)7-11/h9,11,13H,3-8,10H2,1-2H3/t11-/m1/s1. The van der Waals surface area contributed by atoms with E-state index in [1.54, 1.807) is 0 Å². The van der Waals surface area contributed by atoms with Crippen LogP contribution in [0, 0.1) is 5.92 Å². The quantitative estimate of drug-likeness (QED) is 0.759. The minimum absolute atomic E-state index is 0.859. The molecule has 0 aliphatic carbocycles. The molecule has 2 heterocycles. The molecule has 1 N–H and O–H groups in total. The van der Waals surface area contributed by atoms with Crippen molar-refractivity contribution in [3.8, 4) is 0 Å². The van der Waals surface area contributed by atoms with Crippen molar-refractivity contribution in [1.29, 1.82) is 0 Å². The third-order valence-electron chi connectivity index (χ3n) is 3.44. The van der Waals surface area contributed by atoms with Crippen LogP contribution < -0.4 is 5.32 Å². The van der Waals surface area contributed by atoms with E-state index in [2.05, 4.69) is 35.3 Å². The summed E-state index contributed by atoms with van der Waals surface area (Å²) in [6, 6.07) is 0. The van der Waals surface area contributed by atoms with Crippen molar-refractivity contribution >= 4 is 0 Å². The van der Waals surface area contributed by atoms with Gasteiger partial charge in [0.05, 0.1) is 6.67 Å². The average Bonchev–Trinajstić information content (AvgIpc) is 2.65. The van der Waals surface area contributed by atoms with Crippen LogP contribution >= 0.6 is 0 Å². The summed E-state index contributed by atoms with van der Waals surface area (Å²) >= 11 is 0. The van der Waals surface area contributed by atoms with Crippen LogP contribution in [0.2, 0.25) is 0 Å². The maximum absolute atomic E-state index is 3.43. The molecule has 0 unspecified atom stereocenters. The molecular formula is C12H23N3. The zero-order chi connectivity index (χ0) is 10.7. The fraction of sp³-hybridized carbons (Fsp3) is 0.833. The largest absolute Gasteiger partial charge is 0.370 e. The van der Waals surface area contributed by atoms with Crippen molar-refractivity contribution in [3.05, 3.63) is 11.9 Å². The number of nitrogens with zero attached hydrogens (tertiary/aromatic N) is 2. The fourth-order valence-corrected chi connectivity index (χ4v) is 2.60. The van der Waals surface area contributed by atoms with Gasteiger partial charge in [-0.05, 0) is 38.8 Å². The molecule has 0 bridgehead atoms. The van der Waals surface area contributed by atoms with E-state index in [4.69, 9.17) is 0 Å². The molecule has 0 aromatic carbocycles. The van der Waals surface area contributed by atoms with Gasteiger partial charge < -0.3 is 15.1 Å². The minimum Gasteiger partial charge on any atom is -0.370 e. The lowest BCUT2D eigenvalue weighted by Gasteiger charge is -2.32. The van der Waals surface area contributed by atoms with E-state index in [0.29, 0.717) is 0 Å². The summed E-state index contributed by atoms with van der Waals surface area (Å²) < 4.78 is 0. The highest BCUT2D eigenvalue weighted by Gasteiger charge is 2.20. The Kier molecular flexibility index (Phi) is 3.52. The Labute approximate surface area is 93.1 Å². The van der Waals surface area contributed by atoms with Crippen LogP contribution in [0.5, 0.6) is 0 Å². The summed E-state index contributed by atoms with van der Waals surface area (Å²) in [5.74, 6) is 0.859. The number of allylic oxidation sites excluding steroid dienone is 1. The Hall–Kier alpha value is -0.700. The van der Waals surface area contributed by atoms with Crippen molar-refractivity contribution in [2.24, 2.45) is 5.92 Å². The first kappa shape index (κ1) is 10.8. The monoisotopic (exact) mass is 209 g/mol. The second kappa shape index (κ2) is 4.88.